The zero-order valence-electron chi connectivity index (χ0n) is 14.2. The molecule has 0 aliphatic carbocycles. The van der Waals surface area contributed by atoms with Crippen LogP contribution < -0.4 is 10.1 Å². The molecule has 0 saturated carbocycles. The van der Waals surface area contributed by atoms with E-state index >= 15 is 0 Å². The van der Waals surface area contributed by atoms with E-state index in [0.717, 1.165) is 11.3 Å². The molecule has 0 aliphatic heterocycles. The van der Waals surface area contributed by atoms with Crippen LogP contribution in [0.15, 0.2) is 54.6 Å². The largest absolute Gasteiger partial charge is 0.481 e. The maximum absolute atomic E-state index is 11.9. The van der Waals surface area contributed by atoms with E-state index in [-0.39, 0.29) is 37.7 Å². The minimum absolute atomic E-state index is 0.0338. The summed E-state index contributed by atoms with van der Waals surface area (Å²) in [6, 6.07) is 16.7. The van der Waals surface area contributed by atoms with Gasteiger partial charge in [0.15, 0.2) is 5.78 Å². The van der Waals surface area contributed by atoms with E-state index in [4.69, 9.17) is 4.74 Å². The second-order valence-corrected chi connectivity index (χ2v) is 5.47. The molecule has 4 heteroatoms. The van der Waals surface area contributed by atoms with Crippen LogP contribution >= 0.6 is 0 Å². The van der Waals surface area contributed by atoms with Crippen LogP contribution in [0.1, 0.15) is 28.8 Å². The number of hydrogen-bond acceptors (Lipinski definition) is 3. The van der Waals surface area contributed by atoms with E-state index in [1.165, 1.54) is 0 Å². The summed E-state index contributed by atoms with van der Waals surface area (Å²) in [6.07, 6.45) is 0.356. The van der Waals surface area contributed by atoms with Gasteiger partial charge in [-0.2, -0.15) is 0 Å². The van der Waals surface area contributed by atoms with Gasteiger partial charge >= 0.3 is 0 Å². The molecule has 1 amide bonds. The van der Waals surface area contributed by atoms with Gasteiger partial charge in [-0.25, -0.2) is 0 Å². The average molecular weight is 335 g/mol. The van der Waals surface area contributed by atoms with Gasteiger partial charge in [0, 0.05) is 18.4 Å². The number of aryl methyl sites for hydroxylation is 1. The molecule has 25 heavy (non-hydrogen) atoms. The SMILES string of the molecule is Cc1ccccc1OCC#CCNC(=O)CCC(=O)c1ccccc1. The van der Waals surface area contributed by atoms with Crippen LogP contribution in [0, 0.1) is 18.8 Å². The minimum Gasteiger partial charge on any atom is -0.481 e. The number of ketones is 1. The first-order chi connectivity index (χ1) is 12.2. The molecule has 0 unspecified atom stereocenters. The summed E-state index contributed by atoms with van der Waals surface area (Å²) in [5, 5.41) is 2.68. The van der Waals surface area contributed by atoms with Crippen LogP contribution in [-0.4, -0.2) is 24.8 Å². The number of benzene rings is 2. The molecule has 0 spiro atoms. The highest BCUT2D eigenvalue weighted by molar-refractivity contribution is 5.97. The molecule has 2 rings (SSSR count). The number of carbonyl (C=O) groups excluding carboxylic acids is 2. The molecule has 0 bridgehead atoms. The third-order valence-corrected chi connectivity index (χ3v) is 3.57. The minimum atomic E-state index is -0.182. The van der Waals surface area contributed by atoms with E-state index in [1.807, 2.05) is 49.4 Å². The fourth-order valence-corrected chi connectivity index (χ4v) is 2.17. The summed E-state index contributed by atoms with van der Waals surface area (Å²) >= 11 is 0. The van der Waals surface area contributed by atoms with Crippen molar-refractivity contribution in [1.82, 2.24) is 5.32 Å². The summed E-state index contributed by atoms with van der Waals surface area (Å²) in [5.74, 6) is 6.28. The van der Waals surface area contributed by atoms with Crippen molar-refractivity contribution in [3.63, 3.8) is 0 Å². The van der Waals surface area contributed by atoms with Crippen LogP contribution in [0.4, 0.5) is 0 Å². The van der Waals surface area contributed by atoms with E-state index in [9.17, 15) is 9.59 Å². The highest BCUT2D eigenvalue weighted by Gasteiger charge is 2.08. The van der Waals surface area contributed by atoms with Gasteiger partial charge in [0.1, 0.15) is 12.4 Å². The first-order valence-electron chi connectivity index (χ1n) is 8.16. The summed E-state index contributed by atoms with van der Waals surface area (Å²) in [7, 11) is 0. The van der Waals surface area contributed by atoms with Crippen molar-refractivity contribution in [2.45, 2.75) is 19.8 Å². The van der Waals surface area contributed by atoms with Gasteiger partial charge in [0.05, 0.1) is 6.54 Å². The van der Waals surface area contributed by atoms with E-state index in [2.05, 4.69) is 17.2 Å². The fraction of sp³-hybridized carbons (Fsp3) is 0.238. The number of carbonyl (C=O) groups is 2. The van der Waals surface area contributed by atoms with Crippen molar-refractivity contribution in [1.29, 1.82) is 0 Å². The monoisotopic (exact) mass is 335 g/mol. The average Bonchev–Trinajstić information content (AvgIpc) is 2.64. The summed E-state index contributed by atoms with van der Waals surface area (Å²) < 4.78 is 5.54. The lowest BCUT2D eigenvalue weighted by molar-refractivity contribution is -0.120. The Balaban J connectivity index is 1.63. The van der Waals surface area contributed by atoms with Crippen LogP contribution in [0.3, 0.4) is 0 Å². The quantitative estimate of drug-likeness (QED) is 0.625. The van der Waals surface area contributed by atoms with Gasteiger partial charge in [0.25, 0.3) is 0 Å². The fourth-order valence-electron chi connectivity index (χ4n) is 2.17. The number of rotatable bonds is 7. The van der Waals surface area contributed by atoms with Crippen molar-refractivity contribution < 1.29 is 14.3 Å². The molecule has 0 aliphatic rings. The number of amides is 1. The molecule has 0 heterocycles. The zero-order valence-corrected chi connectivity index (χ0v) is 14.2. The second kappa shape index (κ2) is 9.94. The Morgan fingerprint density at radius 3 is 2.44 bits per heavy atom. The lowest BCUT2D eigenvalue weighted by atomic mass is 10.1. The Bertz CT molecular complexity index is 772. The molecule has 0 atom stereocenters. The highest BCUT2D eigenvalue weighted by atomic mass is 16.5. The first-order valence-corrected chi connectivity index (χ1v) is 8.16. The highest BCUT2D eigenvalue weighted by Crippen LogP contribution is 2.15. The number of Topliss-reactive ketones (excluding diaryl/α,β-unsaturated/α-hetero) is 1. The molecule has 0 radical (unpaired) electrons. The van der Waals surface area contributed by atoms with Gasteiger partial charge in [-0.15, -0.1) is 0 Å². The van der Waals surface area contributed by atoms with Crippen molar-refractivity contribution in [3.8, 4) is 17.6 Å². The van der Waals surface area contributed by atoms with E-state index < -0.39 is 0 Å². The van der Waals surface area contributed by atoms with Crippen molar-refractivity contribution in [3.05, 3.63) is 65.7 Å². The predicted octanol–water partition coefficient (Wildman–Crippen LogP) is 3.16. The Morgan fingerprint density at radius 1 is 0.960 bits per heavy atom. The van der Waals surface area contributed by atoms with Crippen LogP contribution in [-0.2, 0) is 4.79 Å². The van der Waals surface area contributed by atoms with Crippen molar-refractivity contribution >= 4 is 11.7 Å². The van der Waals surface area contributed by atoms with E-state index in [0.29, 0.717) is 5.56 Å². The smallest absolute Gasteiger partial charge is 0.221 e. The number of ether oxygens (including phenoxy) is 1. The zero-order chi connectivity index (χ0) is 17.9. The maximum atomic E-state index is 11.9. The summed E-state index contributed by atoms with van der Waals surface area (Å²) in [6.45, 7) is 2.49. The van der Waals surface area contributed by atoms with Gasteiger partial charge in [-0.1, -0.05) is 60.4 Å². The molecule has 0 saturated heterocycles. The molecule has 4 nitrogen and oxygen atoms in total. The Morgan fingerprint density at radius 2 is 1.68 bits per heavy atom. The molecule has 0 aromatic heterocycles. The van der Waals surface area contributed by atoms with Crippen LogP contribution in [0.25, 0.3) is 0 Å². The molecular weight excluding hydrogens is 314 g/mol. The maximum Gasteiger partial charge on any atom is 0.221 e. The van der Waals surface area contributed by atoms with Gasteiger partial charge in [-0.05, 0) is 18.6 Å². The lowest BCUT2D eigenvalue weighted by Crippen LogP contribution is -2.24. The molecule has 128 valence electrons. The summed E-state index contributed by atoms with van der Waals surface area (Å²) in [5.41, 5.74) is 1.68. The molecule has 2 aromatic carbocycles. The third-order valence-electron chi connectivity index (χ3n) is 3.57. The number of para-hydroxylation sites is 1. The van der Waals surface area contributed by atoms with E-state index in [1.54, 1.807) is 12.1 Å². The molecular formula is C21H21NO3. The van der Waals surface area contributed by atoms with Crippen LogP contribution in [0.5, 0.6) is 5.75 Å². The van der Waals surface area contributed by atoms with Crippen LogP contribution in [0.2, 0.25) is 0 Å². The van der Waals surface area contributed by atoms with Gasteiger partial charge in [0.2, 0.25) is 5.91 Å². The normalized spacial score (nSPS) is 9.64. The Kier molecular flexibility index (Phi) is 7.27. The van der Waals surface area contributed by atoms with Gasteiger partial charge in [-0.3, -0.25) is 9.59 Å². The number of nitrogens with one attached hydrogen (secondary N) is 1. The van der Waals surface area contributed by atoms with Crippen molar-refractivity contribution in [2.24, 2.45) is 0 Å². The summed E-state index contributed by atoms with van der Waals surface area (Å²) in [4.78, 5) is 23.6. The number of hydrogen-bond donors (Lipinski definition) is 1. The molecule has 1 N–H and O–H groups in total. The van der Waals surface area contributed by atoms with Crippen molar-refractivity contribution in [2.75, 3.05) is 13.2 Å². The molecule has 2 aromatic rings. The topological polar surface area (TPSA) is 55.4 Å². The Hall–Kier alpha value is -3.06. The Labute approximate surface area is 148 Å². The second-order valence-electron chi connectivity index (χ2n) is 5.47. The van der Waals surface area contributed by atoms with Gasteiger partial charge < -0.3 is 10.1 Å². The predicted molar refractivity (Wildman–Crippen MR) is 97.5 cm³/mol. The lowest BCUT2D eigenvalue weighted by Gasteiger charge is -2.04. The molecule has 0 fully saturated rings. The first kappa shape index (κ1) is 18.3. The third kappa shape index (κ3) is 6.52. The standard InChI is InChI=1S/C21H21NO3/c1-17-9-5-6-12-20(17)25-16-8-7-15-22-21(24)14-13-19(23)18-10-3-2-4-11-18/h2-6,9-12H,13-16H2,1H3,(H,22,24).